The largest absolute Gasteiger partial charge is 0.475 e. The Balaban J connectivity index is 2.61. The van der Waals surface area contributed by atoms with E-state index in [1.54, 1.807) is 0 Å². The summed E-state index contributed by atoms with van der Waals surface area (Å²) in [5, 5.41) is 8.23. The van der Waals surface area contributed by atoms with Gasteiger partial charge in [0.25, 0.3) is 0 Å². The normalized spacial score (nSPS) is 15.3. The van der Waals surface area contributed by atoms with Gasteiger partial charge in [0.15, 0.2) is 0 Å². The predicted octanol–water partition coefficient (Wildman–Crippen LogP) is 0.430. The Labute approximate surface area is 51.0 Å². The number of aliphatic carboxylic acids is 1. The fourth-order valence-electron chi connectivity index (χ4n) is 0.363. The van der Waals surface area contributed by atoms with Gasteiger partial charge in [0.05, 0.1) is 0 Å². The molecular weight excluding hydrogens is 124 g/mol. The van der Waals surface area contributed by atoms with Crippen molar-refractivity contribution >= 4 is 5.97 Å². The fraction of sp³-hybridized carbons (Fsp3) is 0. The van der Waals surface area contributed by atoms with Crippen molar-refractivity contribution in [2.24, 2.45) is 0 Å². The van der Waals surface area contributed by atoms with Gasteiger partial charge in [0, 0.05) is 0 Å². The first kappa shape index (κ1) is 5.68. The monoisotopic (exact) mass is 128 g/mol. The molecule has 4 nitrogen and oxygen atoms in total. The molecule has 0 bridgehead atoms. The molecule has 0 aromatic rings. The van der Waals surface area contributed by atoms with Crippen LogP contribution in [0.1, 0.15) is 0 Å². The van der Waals surface area contributed by atoms with E-state index in [0.717, 1.165) is 12.5 Å². The third kappa shape index (κ3) is 1.22. The van der Waals surface area contributed by atoms with Gasteiger partial charge in [0.2, 0.25) is 5.76 Å². The first-order chi connectivity index (χ1) is 4.30. The lowest BCUT2D eigenvalue weighted by molar-refractivity contribution is -0.136. The molecule has 9 heavy (non-hydrogen) atoms. The Morgan fingerprint density at radius 2 is 2.33 bits per heavy atom. The second-order valence-corrected chi connectivity index (χ2v) is 1.31. The minimum absolute atomic E-state index is 0.211. The molecule has 0 aromatic heterocycles. The highest BCUT2D eigenvalue weighted by Gasteiger charge is 2.09. The SMILES string of the molecule is O=C(O)C1=COC=CO1. The number of ether oxygens (including phenoxy) is 2. The number of rotatable bonds is 1. The van der Waals surface area contributed by atoms with Crippen LogP contribution in [0.3, 0.4) is 0 Å². The molecule has 1 aliphatic rings. The van der Waals surface area contributed by atoms with E-state index in [9.17, 15) is 4.79 Å². The number of carbonyl (C=O) groups is 1. The summed E-state index contributed by atoms with van der Waals surface area (Å²) in [7, 11) is 0. The molecule has 0 aliphatic carbocycles. The van der Waals surface area contributed by atoms with Crippen molar-refractivity contribution in [2.45, 2.75) is 0 Å². The van der Waals surface area contributed by atoms with Crippen LogP contribution in [0, 0.1) is 0 Å². The number of hydrogen-bond acceptors (Lipinski definition) is 3. The average molecular weight is 128 g/mol. The predicted molar refractivity (Wildman–Crippen MR) is 27.0 cm³/mol. The zero-order valence-electron chi connectivity index (χ0n) is 4.40. The van der Waals surface area contributed by atoms with Crippen LogP contribution in [0.4, 0.5) is 0 Å². The third-order valence-corrected chi connectivity index (χ3v) is 0.715. The highest BCUT2D eigenvalue weighted by molar-refractivity contribution is 5.84. The second kappa shape index (κ2) is 2.21. The van der Waals surface area contributed by atoms with Crippen LogP contribution in [0.25, 0.3) is 0 Å². The number of hydrogen-bond donors (Lipinski definition) is 1. The summed E-state index contributed by atoms with van der Waals surface area (Å²) >= 11 is 0. The van der Waals surface area contributed by atoms with Crippen molar-refractivity contribution < 1.29 is 19.4 Å². The summed E-state index contributed by atoms with van der Waals surface area (Å²) in [6.45, 7) is 0. The van der Waals surface area contributed by atoms with E-state index in [1.807, 2.05) is 0 Å². The van der Waals surface area contributed by atoms with E-state index in [4.69, 9.17) is 5.11 Å². The molecule has 0 spiro atoms. The van der Waals surface area contributed by atoms with Gasteiger partial charge in [-0.2, -0.15) is 0 Å². The molecule has 0 amide bonds. The van der Waals surface area contributed by atoms with Crippen LogP contribution in [0.2, 0.25) is 0 Å². The fourth-order valence-corrected chi connectivity index (χ4v) is 0.363. The van der Waals surface area contributed by atoms with Crippen LogP contribution in [-0.4, -0.2) is 11.1 Å². The molecule has 0 radical (unpaired) electrons. The van der Waals surface area contributed by atoms with E-state index in [0.29, 0.717) is 0 Å². The van der Waals surface area contributed by atoms with Crippen LogP contribution in [0.5, 0.6) is 0 Å². The van der Waals surface area contributed by atoms with Crippen LogP contribution >= 0.6 is 0 Å². The lowest BCUT2D eigenvalue weighted by Crippen LogP contribution is -2.04. The molecule has 0 fully saturated rings. The van der Waals surface area contributed by atoms with Crippen molar-refractivity contribution in [2.75, 3.05) is 0 Å². The topological polar surface area (TPSA) is 55.8 Å². The highest BCUT2D eigenvalue weighted by Crippen LogP contribution is 2.03. The maximum absolute atomic E-state index is 10.0. The molecule has 1 aliphatic heterocycles. The van der Waals surface area contributed by atoms with Crippen molar-refractivity contribution in [3.8, 4) is 0 Å². The number of carboxylic acids is 1. The quantitative estimate of drug-likeness (QED) is 0.556. The Morgan fingerprint density at radius 3 is 2.67 bits per heavy atom. The standard InChI is InChI=1S/C5H4O4/c6-5(7)4-3-8-1-2-9-4/h1-3H,(H,6,7). The molecule has 0 saturated heterocycles. The average Bonchev–Trinajstić information content (AvgIpc) is 1.90. The molecule has 48 valence electrons. The maximum atomic E-state index is 10.0. The van der Waals surface area contributed by atoms with E-state index in [1.165, 1.54) is 6.26 Å². The van der Waals surface area contributed by atoms with Crippen LogP contribution in [0.15, 0.2) is 24.5 Å². The molecular formula is C5H4O4. The Morgan fingerprint density at radius 1 is 1.56 bits per heavy atom. The van der Waals surface area contributed by atoms with Gasteiger partial charge in [-0.15, -0.1) is 0 Å². The molecule has 0 saturated carbocycles. The maximum Gasteiger partial charge on any atom is 0.375 e. The zero-order valence-corrected chi connectivity index (χ0v) is 4.40. The van der Waals surface area contributed by atoms with E-state index in [2.05, 4.69) is 9.47 Å². The van der Waals surface area contributed by atoms with E-state index >= 15 is 0 Å². The Bertz CT molecular complexity index is 179. The van der Waals surface area contributed by atoms with E-state index in [-0.39, 0.29) is 5.76 Å². The molecule has 1 rings (SSSR count). The third-order valence-electron chi connectivity index (χ3n) is 0.715. The minimum atomic E-state index is -1.14. The van der Waals surface area contributed by atoms with Crippen molar-refractivity contribution in [1.82, 2.24) is 0 Å². The van der Waals surface area contributed by atoms with Gasteiger partial charge in [0.1, 0.15) is 18.8 Å². The number of carboxylic acid groups (broad SMARTS) is 1. The van der Waals surface area contributed by atoms with Crippen molar-refractivity contribution in [1.29, 1.82) is 0 Å². The summed E-state index contributed by atoms with van der Waals surface area (Å²) in [4.78, 5) is 10.0. The Kier molecular flexibility index (Phi) is 1.40. The summed E-state index contributed by atoms with van der Waals surface area (Å²) in [5.41, 5.74) is 0. The zero-order chi connectivity index (χ0) is 6.69. The van der Waals surface area contributed by atoms with Crippen molar-refractivity contribution in [3.63, 3.8) is 0 Å². The lowest BCUT2D eigenvalue weighted by Gasteiger charge is -2.03. The lowest BCUT2D eigenvalue weighted by atomic mass is 10.5. The van der Waals surface area contributed by atoms with Gasteiger partial charge in [-0.3, -0.25) is 0 Å². The smallest absolute Gasteiger partial charge is 0.375 e. The molecule has 0 unspecified atom stereocenters. The van der Waals surface area contributed by atoms with Crippen LogP contribution < -0.4 is 0 Å². The molecule has 4 heteroatoms. The van der Waals surface area contributed by atoms with Gasteiger partial charge < -0.3 is 14.6 Å². The molecule has 1 heterocycles. The summed E-state index contributed by atoms with van der Waals surface area (Å²) in [5.74, 6) is -1.35. The molecule has 0 atom stereocenters. The van der Waals surface area contributed by atoms with Gasteiger partial charge in [-0.05, 0) is 0 Å². The first-order valence-electron chi connectivity index (χ1n) is 2.21. The molecule has 0 aromatic carbocycles. The highest BCUT2D eigenvalue weighted by atomic mass is 16.5. The first-order valence-corrected chi connectivity index (χ1v) is 2.21. The summed E-state index contributed by atoms with van der Waals surface area (Å²) in [6.07, 6.45) is 3.41. The van der Waals surface area contributed by atoms with Gasteiger partial charge >= 0.3 is 5.97 Å². The van der Waals surface area contributed by atoms with Crippen molar-refractivity contribution in [3.05, 3.63) is 24.5 Å². The van der Waals surface area contributed by atoms with Gasteiger partial charge in [-0.1, -0.05) is 0 Å². The Hall–Kier alpha value is -1.45. The summed E-state index contributed by atoms with van der Waals surface area (Å²) < 4.78 is 8.99. The second-order valence-electron chi connectivity index (χ2n) is 1.31. The van der Waals surface area contributed by atoms with Crippen LogP contribution in [-0.2, 0) is 14.3 Å². The van der Waals surface area contributed by atoms with Gasteiger partial charge in [-0.25, -0.2) is 4.79 Å². The van der Waals surface area contributed by atoms with E-state index < -0.39 is 5.97 Å². The minimum Gasteiger partial charge on any atom is -0.475 e. The molecule has 1 N–H and O–H groups in total. The summed E-state index contributed by atoms with van der Waals surface area (Å²) in [6, 6.07) is 0.